The molecule has 2 aromatic carbocycles. The molecule has 0 fully saturated rings. The Labute approximate surface area is 125 Å². The molecule has 1 N–H and O–H groups in total. The van der Waals surface area contributed by atoms with E-state index in [1.807, 2.05) is 0 Å². The zero-order valence-corrected chi connectivity index (χ0v) is 11.8. The van der Waals surface area contributed by atoms with Gasteiger partial charge in [-0.3, -0.25) is 4.79 Å². The van der Waals surface area contributed by atoms with Gasteiger partial charge in [-0.05, 0) is 36.4 Å². The monoisotopic (exact) mass is 307 g/mol. The second kappa shape index (κ2) is 6.37. The van der Waals surface area contributed by atoms with Crippen LogP contribution < -0.4 is 5.32 Å². The third-order valence-corrected chi connectivity index (χ3v) is 3.03. The van der Waals surface area contributed by atoms with Crippen LogP contribution in [0.15, 0.2) is 42.5 Å². The van der Waals surface area contributed by atoms with Gasteiger partial charge in [0.15, 0.2) is 0 Å². The number of anilines is 1. The summed E-state index contributed by atoms with van der Waals surface area (Å²) in [5, 5.41) is 2.60. The Morgan fingerprint density at radius 3 is 2.62 bits per heavy atom. The molecule has 0 unspecified atom stereocenters. The van der Waals surface area contributed by atoms with Crippen molar-refractivity contribution in [2.45, 2.75) is 0 Å². The molecule has 0 aliphatic heterocycles. The van der Waals surface area contributed by atoms with E-state index in [0.29, 0.717) is 11.3 Å². The number of amides is 1. The van der Waals surface area contributed by atoms with Crippen LogP contribution in [0.1, 0.15) is 20.7 Å². The first kappa shape index (κ1) is 15.0. The van der Waals surface area contributed by atoms with Crippen molar-refractivity contribution in [3.05, 3.63) is 64.4 Å². The first-order chi connectivity index (χ1) is 10.0. The Bertz CT molecular complexity index is 703. The maximum atomic E-state index is 13.0. The fraction of sp³-hybridized carbons (Fsp3) is 0.0667. The average Bonchev–Trinajstić information content (AvgIpc) is 2.46. The van der Waals surface area contributed by atoms with Gasteiger partial charge in [0.25, 0.3) is 5.91 Å². The zero-order valence-electron chi connectivity index (χ0n) is 11.0. The fourth-order valence-corrected chi connectivity index (χ4v) is 1.97. The number of rotatable bonds is 3. The summed E-state index contributed by atoms with van der Waals surface area (Å²) in [5.41, 5.74) is 0.852. The van der Waals surface area contributed by atoms with Crippen molar-refractivity contribution in [2.75, 3.05) is 12.4 Å². The molecule has 21 heavy (non-hydrogen) atoms. The molecule has 0 spiro atoms. The number of carbonyl (C=O) groups is 2. The summed E-state index contributed by atoms with van der Waals surface area (Å²) in [6.45, 7) is 0. The van der Waals surface area contributed by atoms with Crippen LogP contribution in [-0.2, 0) is 4.74 Å². The second-order valence-corrected chi connectivity index (χ2v) is 4.56. The topological polar surface area (TPSA) is 55.4 Å². The molecule has 0 aliphatic rings. The van der Waals surface area contributed by atoms with Crippen LogP contribution in [0, 0.1) is 5.82 Å². The minimum absolute atomic E-state index is 0.0108. The minimum Gasteiger partial charge on any atom is -0.465 e. The zero-order chi connectivity index (χ0) is 15.4. The normalized spacial score (nSPS) is 10.0. The second-order valence-electron chi connectivity index (χ2n) is 4.15. The van der Waals surface area contributed by atoms with E-state index in [1.165, 1.54) is 19.2 Å². The summed E-state index contributed by atoms with van der Waals surface area (Å²) in [5.74, 6) is -1.53. The first-order valence-corrected chi connectivity index (χ1v) is 6.34. The minimum atomic E-state index is -0.524. The molecule has 1 amide bonds. The summed E-state index contributed by atoms with van der Waals surface area (Å²) in [6, 6.07) is 9.74. The lowest BCUT2D eigenvalue weighted by molar-refractivity contribution is 0.0600. The van der Waals surface area contributed by atoms with Crippen molar-refractivity contribution in [1.29, 1.82) is 0 Å². The highest BCUT2D eigenvalue weighted by Crippen LogP contribution is 2.19. The number of methoxy groups -OCH3 is 1. The van der Waals surface area contributed by atoms with Crippen molar-refractivity contribution in [3.63, 3.8) is 0 Å². The SMILES string of the molecule is COC(=O)c1cccc(NC(=O)c2ccc(F)cc2Cl)c1. The van der Waals surface area contributed by atoms with Crippen LogP contribution in [0.2, 0.25) is 5.02 Å². The molecular formula is C15H11ClFNO3. The summed E-state index contributed by atoms with van der Waals surface area (Å²) in [4.78, 5) is 23.5. The molecule has 0 saturated carbocycles. The lowest BCUT2D eigenvalue weighted by atomic mass is 10.1. The van der Waals surface area contributed by atoms with E-state index in [0.717, 1.165) is 12.1 Å². The molecule has 0 atom stereocenters. The number of carbonyl (C=O) groups excluding carboxylic acids is 2. The number of halogens is 2. The first-order valence-electron chi connectivity index (χ1n) is 5.96. The number of ether oxygens (including phenoxy) is 1. The maximum absolute atomic E-state index is 13.0. The number of hydrogen-bond acceptors (Lipinski definition) is 3. The van der Waals surface area contributed by atoms with E-state index in [4.69, 9.17) is 11.6 Å². The molecule has 4 nitrogen and oxygen atoms in total. The van der Waals surface area contributed by atoms with Gasteiger partial charge in [-0.2, -0.15) is 0 Å². The molecule has 0 heterocycles. The molecule has 0 aromatic heterocycles. The lowest BCUT2D eigenvalue weighted by Gasteiger charge is -2.08. The van der Waals surface area contributed by atoms with Crippen LogP contribution >= 0.6 is 11.6 Å². The van der Waals surface area contributed by atoms with Gasteiger partial charge in [-0.15, -0.1) is 0 Å². The van der Waals surface area contributed by atoms with Crippen molar-refractivity contribution in [3.8, 4) is 0 Å². The smallest absolute Gasteiger partial charge is 0.337 e. The lowest BCUT2D eigenvalue weighted by Crippen LogP contribution is -2.13. The fourth-order valence-electron chi connectivity index (χ4n) is 1.71. The van der Waals surface area contributed by atoms with E-state index in [-0.39, 0.29) is 10.6 Å². The summed E-state index contributed by atoms with van der Waals surface area (Å²) >= 11 is 5.82. The van der Waals surface area contributed by atoms with E-state index in [2.05, 4.69) is 10.1 Å². The molecule has 0 bridgehead atoms. The molecule has 2 rings (SSSR count). The predicted molar refractivity (Wildman–Crippen MR) is 77.1 cm³/mol. The van der Waals surface area contributed by atoms with E-state index in [1.54, 1.807) is 18.2 Å². The highest BCUT2D eigenvalue weighted by molar-refractivity contribution is 6.34. The third kappa shape index (κ3) is 3.58. The van der Waals surface area contributed by atoms with E-state index in [9.17, 15) is 14.0 Å². The van der Waals surface area contributed by atoms with Gasteiger partial charge in [0.1, 0.15) is 5.82 Å². The Morgan fingerprint density at radius 1 is 1.19 bits per heavy atom. The van der Waals surface area contributed by atoms with Crippen LogP contribution in [0.4, 0.5) is 10.1 Å². The van der Waals surface area contributed by atoms with Crippen molar-refractivity contribution < 1.29 is 18.7 Å². The number of hydrogen-bond donors (Lipinski definition) is 1. The number of esters is 1. The highest BCUT2D eigenvalue weighted by Gasteiger charge is 2.12. The number of nitrogens with one attached hydrogen (secondary N) is 1. The van der Waals surface area contributed by atoms with Crippen molar-refractivity contribution >= 4 is 29.2 Å². The summed E-state index contributed by atoms with van der Waals surface area (Å²) in [7, 11) is 1.27. The molecule has 108 valence electrons. The molecule has 0 aliphatic carbocycles. The molecule has 0 radical (unpaired) electrons. The largest absolute Gasteiger partial charge is 0.465 e. The Kier molecular flexibility index (Phi) is 4.55. The standard InChI is InChI=1S/C15H11ClFNO3/c1-21-15(20)9-3-2-4-11(7-9)18-14(19)12-6-5-10(17)8-13(12)16/h2-8H,1H3,(H,18,19). The average molecular weight is 308 g/mol. The molecule has 0 saturated heterocycles. The summed E-state index contributed by atoms with van der Waals surface area (Å²) < 4.78 is 17.5. The van der Waals surface area contributed by atoms with Gasteiger partial charge in [0.05, 0.1) is 23.3 Å². The van der Waals surface area contributed by atoms with Crippen LogP contribution in [0.3, 0.4) is 0 Å². The predicted octanol–water partition coefficient (Wildman–Crippen LogP) is 3.52. The van der Waals surface area contributed by atoms with Crippen molar-refractivity contribution in [2.24, 2.45) is 0 Å². The molecule has 6 heteroatoms. The van der Waals surface area contributed by atoms with Crippen LogP contribution in [0.25, 0.3) is 0 Å². The van der Waals surface area contributed by atoms with E-state index >= 15 is 0 Å². The van der Waals surface area contributed by atoms with E-state index < -0.39 is 17.7 Å². The van der Waals surface area contributed by atoms with Gasteiger partial charge >= 0.3 is 5.97 Å². The Balaban J connectivity index is 2.21. The van der Waals surface area contributed by atoms with Gasteiger partial charge < -0.3 is 10.1 Å². The van der Waals surface area contributed by atoms with Gasteiger partial charge in [0, 0.05) is 5.69 Å². The van der Waals surface area contributed by atoms with Crippen LogP contribution in [0.5, 0.6) is 0 Å². The Hall–Kier alpha value is -2.40. The van der Waals surface area contributed by atoms with Gasteiger partial charge in [0.2, 0.25) is 0 Å². The summed E-state index contributed by atoms with van der Waals surface area (Å²) in [6.07, 6.45) is 0. The number of benzene rings is 2. The third-order valence-electron chi connectivity index (χ3n) is 2.72. The quantitative estimate of drug-likeness (QED) is 0.883. The molecular weight excluding hydrogens is 297 g/mol. The van der Waals surface area contributed by atoms with Gasteiger partial charge in [-0.25, -0.2) is 9.18 Å². The Morgan fingerprint density at radius 2 is 1.95 bits per heavy atom. The van der Waals surface area contributed by atoms with Crippen molar-refractivity contribution in [1.82, 2.24) is 0 Å². The maximum Gasteiger partial charge on any atom is 0.337 e. The molecule has 2 aromatic rings. The van der Waals surface area contributed by atoms with Gasteiger partial charge in [-0.1, -0.05) is 17.7 Å². The highest BCUT2D eigenvalue weighted by atomic mass is 35.5. The van der Waals surface area contributed by atoms with Crippen LogP contribution in [-0.4, -0.2) is 19.0 Å².